The van der Waals surface area contributed by atoms with Crippen molar-refractivity contribution in [3.05, 3.63) is 47.6 Å². The van der Waals surface area contributed by atoms with Crippen LogP contribution in [0.15, 0.2) is 36.9 Å². The zero-order chi connectivity index (χ0) is 25.0. The fourth-order valence-electron chi connectivity index (χ4n) is 3.31. The molecule has 3 heterocycles. The number of ether oxygens (including phenoxy) is 1. The summed E-state index contributed by atoms with van der Waals surface area (Å²) in [5, 5.41) is 12.5. The molecule has 0 saturated heterocycles. The molecule has 13 heteroatoms. The van der Waals surface area contributed by atoms with E-state index < -0.39 is 27.9 Å². The molecule has 4 rings (SSSR count). The van der Waals surface area contributed by atoms with E-state index in [2.05, 4.69) is 30.0 Å². The van der Waals surface area contributed by atoms with Crippen LogP contribution < -0.4 is 14.8 Å². The molecule has 1 aliphatic carbocycles. The Hall–Kier alpha value is -3.16. The fourth-order valence-corrected chi connectivity index (χ4v) is 5.46. The summed E-state index contributed by atoms with van der Waals surface area (Å²) in [5.41, 5.74) is 1.31. The van der Waals surface area contributed by atoms with Gasteiger partial charge in [-0.2, -0.15) is 0 Å². The summed E-state index contributed by atoms with van der Waals surface area (Å²) in [6, 6.07) is 2.45. The van der Waals surface area contributed by atoms with Gasteiger partial charge in [0.15, 0.2) is 5.01 Å². The number of hydrogen-bond acceptors (Lipinski definition) is 10. The molecular weight excluding hydrogens is 492 g/mol. The molecule has 1 aliphatic rings. The van der Waals surface area contributed by atoms with E-state index >= 15 is 0 Å². The van der Waals surface area contributed by atoms with Crippen LogP contribution in [0.2, 0.25) is 0 Å². The summed E-state index contributed by atoms with van der Waals surface area (Å²) in [5.74, 6) is -0.467. The summed E-state index contributed by atoms with van der Waals surface area (Å²) < 4.78 is 32.6. The van der Waals surface area contributed by atoms with E-state index in [9.17, 15) is 18.3 Å². The number of nitrogens with one attached hydrogen (secondary N) is 2. The van der Waals surface area contributed by atoms with Crippen LogP contribution in [-0.4, -0.2) is 57.8 Å². The smallest absolute Gasteiger partial charge is 0.280 e. The number of sulfonamides is 1. The number of aromatic nitrogens is 4. The minimum Gasteiger partial charge on any atom is -0.477 e. The average Bonchev–Trinajstić information content (AvgIpc) is 3.60. The zero-order valence-electron chi connectivity index (χ0n) is 19.2. The highest BCUT2D eigenvalue weighted by molar-refractivity contribution is 7.93. The fraction of sp³-hybridized carbons (Fsp3) is 0.409. The van der Waals surface area contributed by atoms with Gasteiger partial charge < -0.3 is 15.2 Å². The third kappa shape index (κ3) is 6.10. The molecule has 186 valence electrons. The van der Waals surface area contributed by atoms with Crippen molar-refractivity contribution in [3.8, 4) is 16.5 Å². The molecule has 2 atom stereocenters. The first-order valence-corrected chi connectivity index (χ1v) is 13.5. The van der Waals surface area contributed by atoms with Crippen LogP contribution in [-0.2, 0) is 10.0 Å². The lowest BCUT2D eigenvalue weighted by Crippen LogP contribution is -2.34. The number of carbonyl (C=O) groups is 1. The molecule has 0 spiro atoms. The maximum Gasteiger partial charge on any atom is 0.280 e. The number of aliphatic hydroxyl groups is 1. The van der Waals surface area contributed by atoms with Gasteiger partial charge in [-0.1, -0.05) is 6.92 Å². The Balaban J connectivity index is 1.52. The summed E-state index contributed by atoms with van der Waals surface area (Å²) >= 11 is 1.14. The molecule has 3 N–H and O–H groups in total. The topological polar surface area (TPSA) is 156 Å². The van der Waals surface area contributed by atoms with Crippen LogP contribution in [0.4, 0.5) is 5.69 Å². The molecule has 1 saturated carbocycles. The number of nitrogens with zero attached hydrogens (tertiary/aromatic N) is 4. The van der Waals surface area contributed by atoms with Gasteiger partial charge in [0.1, 0.15) is 5.69 Å². The summed E-state index contributed by atoms with van der Waals surface area (Å²) in [6.45, 7) is 3.85. The number of rotatable bonds is 11. The van der Waals surface area contributed by atoms with Crippen molar-refractivity contribution in [2.45, 2.75) is 38.0 Å². The van der Waals surface area contributed by atoms with E-state index in [0.717, 1.165) is 11.3 Å². The van der Waals surface area contributed by atoms with Gasteiger partial charge in [-0.3, -0.25) is 19.5 Å². The molecule has 0 aliphatic heterocycles. The van der Waals surface area contributed by atoms with Gasteiger partial charge in [-0.15, -0.1) is 11.3 Å². The summed E-state index contributed by atoms with van der Waals surface area (Å²) in [6.07, 6.45) is 7.36. The zero-order valence-corrected chi connectivity index (χ0v) is 20.8. The van der Waals surface area contributed by atoms with Crippen molar-refractivity contribution in [1.82, 2.24) is 25.3 Å². The van der Waals surface area contributed by atoms with Crippen molar-refractivity contribution in [2.24, 2.45) is 5.92 Å². The van der Waals surface area contributed by atoms with E-state index in [1.165, 1.54) is 18.6 Å². The maximum atomic E-state index is 13.0. The van der Waals surface area contributed by atoms with Crippen LogP contribution in [0.1, 0.15) is 48.2 Å². The largest absolute Gasteiger partial charge is 0.477 e. The molecule has 3 aromatic heterocycles. The predicted molar refractivity (Wildman–Crippen MR) is 131 cm³/mol. The van der Waals surface area contributed by atoms with Crippen molar-refractivity contribution in [3.63, 3.8) is 0 Å². The number of amides is 1. The van der Waals surface area contributed by atoms with Crippen LogP contribution >= 0.6 is 11.3 Å². The van der Waals surface area contributed by atoms with Crippen LogP contribution in [0, 0.1) is 5.92 Å². The second-order valence-corrected chi connectivity index (χ2v) is 11.1. The van der Waals surface area contributed by atoms with Gasteiger partial charge in [-0.05, 0) is 31.9 Å². The van der Waals surface area contributed by atoms with Crippen LogP contribution in [0.25, 0.3) is 10.6 Å². The number of anilines is 1. The third-order valence-corrected chi connectivity index (χ3v) is 8.21. The number of thiazole rings is 1. The standard InChI is InChI=1S/C22H26N6O5S2/c1-3-33-19-11-23-9-17(26-19)18-10-25-22(34-18)21(30)27-20(13(2)12-29)16-8-14(6-7-24-16)28-35(31,32)15-4-5-15/h6-11,13,15,20,29H,3-5,12H2,1-2H3,(H,24,28)(H,27,30)/t13-,20-/m1/s1. The predicted octanol–water partition coefficient (Wildman–Crippen LogP) is 2.40. The van der Waals surface area contributed by atoms with Crippen LogP contribution in [0.5, 0.6) is 5.88 Å². The molecule has 1 fully saturated rings. The van der Waals surface area contributed by atoms with Crippen molar-refractivity contribution < 1.29 is 23.1 Å². The second kappa shape index (κ2) is 10.6. The van der Waals surface area contributed by atoms with Gasteiger partial charge in [0.2, 0.25) is 15.9 Å². The van der Waals surface area contributed by atoms with E-state index in [1.807, 2.05) is 6.92 Å². The first-order valence-electron chi connectivity index (χ1n) is 11.1. The SMILES string of the molecule is CCOc1cncc(-c2cnc(C(=O)N[C@@H](c3cc(NS(=O)(=O)C4CC4)ccn3)[C@H](C)CO)s2)n1. The molecule has 35 heavy (non-hydrogen) atoms. The number of carbonyl (C=O) groups excluding carboxylic acids is 1. The number of aliphatic hydroxyl groups excluding tert-OH is 1. The van der Waals surface area contributed by atoms with Gasteiger partial charge in [-0.25, -0.2) is 18.4 Å². The Kier molecular flexibility index (Phi) is 7.57. The van der Waals surface area contributed by atoms with E-state index in [0.29, 0.717) is 47.3 Å². The molecule has 0 radical (unpaired) electrons. The number of hydrogen-bond donors (Lipinski definition) is 3. The van der Waals surface area contributed by atoms with Gasteiger partial charge in [0.05, 0.1) is 46.6 Å². The highest BCUT2D eigenvalue weighted by Crippen LogP contribution is 2.31. The summed E-state index contributed by atoms with van der Waals surface area (Å²) in [4.78, 5) is 30.7. The van der Waals surface area contributed by atoms with Gasteiger partial charge in [0, 0.05) is 24.9 Å². The van der Waals surface area contributed by atoms with Gasteiger partial charge >= 0.3 is 0 Å². The minimum atomic E-state index is -3.45. The lowest BCUT2D eigenvalue weighted by atomic mass is 9.99. The molecular formula is C22H26N6O5S2. The van der Waals surface area contributed by atoms with Crippen molar-refractivity contribution in [2.75, 3.05) is 17.9 Å². The molecule has 1 amide bonds. The maximum absolute atomic E-state index is 13.0. The Morgan fingerprint density at radius 3 is 2.80 bits per heavy atom. The Bertz CT molecular complexity index is 1290. The second-order valence-electron chi connectivity index (χ2n) is 8.13. The Labute approximate surface area is 207 Å². The summed E-state index contributed by atoms with van der Waals surface area (Å²) in [7, 11) is -3.45. The van der Waals surface area contributed by atoms with E-state index in [-0.39, 0.29) is 16.9 Å². The monoisotopic (exact) mass is 518 g/mol. The lowest BCUT2D eigenvalue weighted by molar-refractivity contribution is 0.0906. The van der Waals surface area contributed by atoms with Crippen molar-refractivity contribution in [1.29, 1.82) is 0 Å². The van der Waals surface area contributed by atoms with E-state index in [4.69, 9.17) is 4.74 Å². The molecule has 0 unspecified atom stereocenters. The average molecular weight is 519 g/mol. The van der Waals surface area contributed by atoms with Crippen LogP contribution in [0.3, 0.4) is 0 Å². The molecule has 0 aromatic carbocycles. The number of pyridine rings is 1. The highest BCUT2D eigenvalue weighted by atomic mass is 32.2. The Morgan fingerprint density at radius 2 is 2.09 bits per heavy atom. The molecule has 3 aromatic rings. The quantitative estimate of drug-likeness (QED) is 0.347. The first-order chi connectivity index (χ1) is 16.8. The minimum absolute atomic E-state index is 0.198. The molecule has 0 bridgehead atoms. The van der Waals surface area contributed by atoms with Crippen molar-refractivity contribution >= 4 is 33.0 Å². The third-order valence-electron chi connectivity index (χ3n) is 5.32. The highest BCUT2D eigenvalue weighted by Gasteiger charge is 2.36. The molecule has 11 nitrogen and oxygen atoms in total. The lowest BCUT2D eigenvalue weighted by Gasteiger charge is -2.23. The Morgan fingerprint density at radius 1 is 1.29 bits per heavy atom. The van der Waals surface area contributed by atoms with Gasteiger partial charge in [0.25, 0.3) is 5.91 Å². The van der Waals surface area contributed by atoms with E-state index in [1.54, 1.807) is 25.3 Å². The first kappa shape index (κ1) is 24.9. The normalized spacial score (nSPS) is 15.3.